The lowest BCUT2D eigenvalue weighted by atomic mass is 10.0. The van der Waals surface area contributed by atoms with Crippen LogP contribution in [0.5, 0.6) is 0 Å². The summed E-state index contributed by atoms with van der Waals surface area (Å²) in [6, 6.07) is 7.81. The van der Waals surface area contributed by atoms with Crippen LogP contribution in [0, 0.1) is 6.92 Å². The summed E-state index contributed by atoms with van der Waals surface area (Å²) in [7, 11) is 0. The predicted molar refractivity (Wildman–Crippen MR) is 56.8 cm³/mol. The third-order valence-corrected chi connectivity index (χ3v) is 2.28. The quantitative estimate of drug-likeness (QED) is 0.749. The third-order valence-electron chi connectivity index (χ3n) is 2.28. The topological polar surface area (TPSA) is 54.4 Å². The summed E-state index contributed by atoms with van der Waals surface area (Å²) in [6.45, 7) is 1.98. The molecule has 3 heteroatoms. The van der Waals surface area contributed by atoms with Crippen LogP contribution in [0.3, 0.4) is 0 Å². The van der Waals surface area contributed by atoms with E-state index >= 15 is 0 Å². The van der Waals surface area contributed by atoms with Gasteiger partial charge in [-0.1, -0.05) is 24.3 Å². The number of aryl methyl sites for hydroxylation is 2. The van der Waals surface area contributed by atoms with Crippen LogP contribution < -0.4 is 0 Å². The molecule has 0 saturated carbocycles. The fraction of sp³-hybridized carbons (Fsp3) is 0.333. The molecule has 0 aliphatic heterocycles. The van der Waals surface area contributed by atoms with E-state index in [9.17, 15) is 9.59 Å². The molecule has 0 amide bonds. The van der Waals surface area contributed by atoms with E-state index in [-0.39, 0.29) is 12.2 Å². The van der Waals surface area contributed by atoms with Crippen LogP contribution >= 0.6 is 0 Å². The fourth-order valence-corrected chi connectivity index (χ4v) is 1.42. The van der Waals surface area contributed by atoms with Crippen LogP contribution in [0.2, 0.25) is 0 Å². The maximum atomic E-state index is 11.2. The smallest absolute Gasteiger partial charge is 0.310 e. The SMILES string of the molecule is Cc1ccccc1CCC(=O)CC(=O)O. The molecule has 0 aliphatic carbocycles. The van der Waals surface area contributed by atoms with E-state index in [1.54, 1.807) is 0 Å². The van der Waals surface area contributed by atoms with Crippen molar-refractivity contribution in [2.75, 3.05) is 0 Å². The van der Waals surface area contributed by atoms with Crippen molar-refractivity contribution in [1.82, 2.24) is 0 Å². The second-order valence-electron chi connectivity index (χ2n) is 3.54. The van der Waals surface area contributed by atoms with Gasteiger partial charge in [0.1, 0.15) is 12.2 Å². The molecule has 15 heavy (non-hydrogen) atoms. The zero-order valence-corrected chi connectivity index (χ0v) is 8.69. The number of rotatable bonds is 5. The van der Waals surface area contributed by atoms with Gasteiger partial charge < -0.3 is 5.11 Å². The summed E-state index contributed by atoms with van der Waals surface area (Å²) >= 11 is 0. The summed E-state index contributed by atoms with van der Waals surface area (Å²) in [4.78, 5) is 21.4. The molecular weight excluding hydrogens is 192 g/mol. The molecule has 1 aromatic carbocycles. The first-order valence-electron chi connectivity index (χ1n) is 4.87. The molecular formula is C12H14O3. The van der Waals surface area contributed by atoms with Crippen LogP contribution in [-0.4, -0.2) is 16.9 Å². The van der Waals surface area contributed by atoms with E-state index in [2.05, 4.69) is 0 Å². The lowest BCUT2D eigenvalue weighted by Gasteiger charge is -2.03. The number of benzene rings is 1. The van der Waals surface area contributed by atoms with Gasteiger partial charge in [-0.05, 0) is 24.5 Å². The van der Waals surface area contributed by atoms with E-state index in [0.29, 0.717) is 12.8 Å². The van der Waals surface area contributed by atoms with Crippen molar-refractivity contribution in [2.45, 2.75) is 26.2 Å². The highest BCUT2D eigenvalue weighted by atomic mass is 16.4. The minimum atomic E-state index is -1.05. The number of carbonyl (C=O) groups is 2. The zero-order chi connectivity index (χ0) is 11.3. The van der Waals surface area contributed by atoms with Crippen molar-refractivity contribution in [3.63, 3.8) is 0 Å². The van der Waals surface area contributed by atoms with Crippen molar-refractivity contribution in [3.05, 3.63) is 35.4 Å². The number of carboxylic acid groups (broad SMARTS) is 1. The standard InChI is InChI=1S/C12H14O3/c1-9-4-2-3-5-10(9)6-7-11(13)8-12(14)15/h2-5H,6-8H2,1H3,(H,14,15). The van der Waals surface area contributed by atoms with Crippen LogP contribution in [0.25, 0.3) is 0 Å². The molecule has 3 nitrogen and oxygen atoms in total. The summed E-state index contributed by atoms with van der Waals surface area (Å²) in [5, 5.41) is 8.41. The maximum Gasteiger partial charge on any atom is 0.310 e. The summed E-state index contributed by atoms with van der Waals surface area (Å²) in [6.07, 6.45) is 0.557. The molecule has 0 atom stereocenters. The van der Waals surface area contributed by atoms with Crippen LogP contribution in [-0.2, 0) is 16.0 Å². The van der Waals surface area contributed by atoms with Crippen molar-refractivity contribution in [3.8, 4) is 0 Å². The summed E-state index contributed by atoms with van der Waals surface area (Å²) in [5.41, 5.74) is 2.25. The minimum absolute atomic E-state index is 0.217. The van der Waals surface area contributed by atoms with Crippen LogP contribution in [0.4, 0.5) is 0 Å². The predicted octanol–water partition coefficient (Wildman–Crippen LogP) is 1.97. The molecule has 0 fully saturated rings. The van der Waals surface area contributed by atoms with E-state index in [0.717, 1.165) is 11.1 Å². The van der Waals surface area contributed by atoms with Crippen LogP contribution in [0.1, 0.15) is 24.0 Å². The first kappa shape index (κ1) is 11.4. The van der Waals surface area contributed by atoms with E-state index in [4.69, 9.17) is 5.11 Å². The normalized spacial score (nSPS) is 9.93. The average molecular weight is 206 g/mol. The van der Waals surface area contributed by atoms with Gasteiger partial charge in [-0.2, -0.15) is 0 Å². The van der Waals surface area contributed by atoms with E-state index in [1.165, 1.54) is 0 Å². The number of aliphatic carboxylic acids is 1. The zero-order valence-electron chi connectivity index (χ0n) is 8.69. The molecule has 0 radical (unpaired) electrons. The number of hydrogen-bond acceptors (Lipinski definition) is 2. The Labute approximate surface area is 88.7 Å². The average Bonchev–Trinajstić information content (AvgIpc) is 2.15. The number of hydrogen-bond donors (Lipinski definition) is 1. The van der Waals surface area contributed by atoms with Gasteiger partial charge in [-0.15, -0.1) is 0 Å². The highest BCUT2D eigenvalue weighted by molar-refractivity contribution is 5.94. The van der Waals surface area contributed by atoms with Crippen molar-refractivity contribution < 1.29 is 14.7 Å². The summed E-state index contributed by atoms with van der Waals surface area (Å²) in [5.74, 6) is -1.27. The molecule has 1 aromatic rings. The van der Waals surface area contributed by atoms with Gasteiger partial charge in [0.15, 0.2) is 0 Å². The van der Waals surface area contributed by atoms with Gasteiger partial charge in [-0.3, -0.25) is 9.59 Å². The Morgan fingerprint density at radius 1 is 1.27 bits per heavy atom. The Kier molecular flexibility index (Phi) is 4.03. The molecule has 0 aromatic heterocycles. The molecule has 0 unspecified atom stereocenters. The number of carbonyl (C=O) groups excluding carboxylic acids is 1. The summed E-state index contributed by atoms with van der Waals surface area (Å²) < 4.78 is 0. The molecule has 1 N–H and O–H groups in total. The molecule has 1 rings (SSSR count). The van der Waals surface area contributed by atoms with Crippen LogP contribution in [0.15, 0.2) is 24.3 Å². The number of carboxylic acids is 1. The maximum absolute atomic E-state index is 11.2. The van der Waals surface area contributed by atoms with Crippen molar-refractivity contribution >= 4 is 11.8 Å². The monoisotopic (exact) mass is 206 g/mol. The Bertz CT molecular complexity index is 369. The molecule has 80 valence electrons. The molecule has 0 heterocycles. The molecule has 0 bridgehead atoms. The first-order chi connectivity index (χ1) is 7.09. The highest BCUT2D eigenvalue weighted by Crippen LogP contribution is 2.10. The Hall–Kier alpha value is -1.64. The van der Waals surface area contributed by atoms with Gasteiger partial charge in [-0.25, -0.2) is 0 Å². The highest BCUT2D eigenvalue weighted by Gasteiger charge is 2.08. The fourth-order valence-electron chi connectivity index (χ4n) is 1.42. The molecule has 0 saturated heterocycles. The van der Waals surface area contributed by atoms with E-state index in [1.807, 2.05) is 31.2 Å². The Morgan fingerprint density at radius 2 is 1.93 bits per heavy atom. The second kappa shape index (κ2) is 5.29. The lowest BCUT2D eigenvalue weighted by molar-refractivity contribution is -0.140. The largest absolute Gasteiger partial charge is 0.481 e. The third kappa shape index (κ3) is 3.94. The second-order valence-corrected chi connectivity index (χ2v) is 3.54. The van der Waals surface area contributed by atoms with Gasteiger partial charge in [0.2, 0.25) is 0 Å². The number of ketones is 1. The van der Waals surface area contributed by atoms with Gasteiger partial charge >= 0.3 is 5.97 Å². The number of Topliss-reactive ketones (excluding diaryl/α,β-unsaturated/α-hetero) is 1. The first-order valence-corrected chi connectivity index (χ1v) is 4.87. The Balaban J connectivity index is 2.47. The Morgan fingerprint density at radius 3 is 2.53 bits per heavy atom. The van der Waals surface area contributed by atoms with Gasteiger partial charge in [0.05, 0.1) is 0 Å². The van der Waals surface area contributed by atoms with Crippen molar-refractivity contribution in [1.29, 1.82) is 0 Å². The minimum Gasteiger partial charge on any atom is -0.481 e. The van der Waals surface area contributed by atoms with Gasteiger partial charge in [0, 0.05) is 6.42 Å². The van der Waals surface area contributed by atoms with E-state index < -0.39 is 5.97 Å². The molecule has 0 aliphatic rings. The molecule has 0 spiro atoms. The van der Waals surface area contributed by atoms with Gasteiger partial charge in [0.25, 0.3) is 0 Å². The van der Waals surface area contributed by atoms with Crippen molar-refractivity contribution in [2.24, 2.45) is 0 Å². The lowest BCUT2D eigenvalue weighted by Crippen LogP contribution is -2.07.